The number of para-hydroxylation sites is 2. The van der Waals surface area contributed by atoms with E-state index in [1.54, 1.807) is 53.2 Å². The van der Waals surface area contributed by atoms with Crippen molar-refractivity contribution in [1.29, 1.82) is 0 Å². The number of rotatable bonds is 5. The molecule has 0 saturated carbocycles. The van der Waals surface area contributed by atoms with Crippen molar-refractivity contribution in [2.75, 3.05) is 35.7 Å². The second-order valence-corrected chi connectivity index (χ2v) is 7.55. The van der Waals surface area contributed by atoms with E-state index in [1.807, 2.05) is 19.1 Å². The molecule has 2 N–H and O–H groups in total. The predicted octanol–water partition coefficient (Wildman–Crippen LogP) is 2.97. The van der Waals surface area contributed by atoms with E-state index < -0.39 is 0 Å². The smallest absolute Gasteiger partial charge is 0.241 e. The number of nitrogens with zero attached hydrogens (tertiary/aromatic N) is 2. The highest BCUT2D eigenvalue weighted by atomic mass is 35.5. The lowest BCUT2D eigenvalue weighted by Crippen LogP contribution is -2.45. The number of fused-ring (bicyclic) bond motifs is 1. The minimum Gasteiger partial charge on any atom is -0.325 e. The molecule has 2 aromatic carbocycles. The van der Waals surface area contributed by atoms with Gasteiger partial charge in [-0.1, -0.05) is 29.8 Å². The molecule has 1 aliphatic heterocycles. The van der Waals surface area contributed by atoms with Gasteiger partial charge in [-0.25, -0.2) is 0 Å². The van der Waals surface area contributed by atoms with Gasteiger partial charge in [-0.15, -0.1) is 0 Å². The Morgan fingerprint density at radius 1 is 1.21 bits per heavy atom. The van der Waals surface area contributed by atoms with Gasteiger partial charge in [0, 0.05) is 23.2 Å². The highest BCUT2D eigenvalue weighted by Crippen LogP contribution is 2.31. The second-order valence-electron chi connectivity index (χ2n) is 7.11. The van der Waals surface area contributed by atoms with Crippen molar-refractivity contribution < 1.29 is 14.4 Å². The molecule has 0 radical (unpaired) electrons. The zero-order valence-electron chi connectivity index (χ0n) is 16.3. The third-order valence-electron chi connectivity index (χ3n) is 4.56. The lowest BCUT2D eigenvalue weighted by Gasteiger charge is -2.29. The van der Waals surface area contributed by atoms with Crippen LogP contribution in [-0.4, -0.2) is 48.8 Å². The maximum Gasteiger partial charge on any atom is 0.241 e. The van der Waals surface area contributed by atoms with Crippen molar-refractivity contribution in [2.45, 2.75) is 19.4 Å². The molecule has 0 saturated heterocycles. The van der Waals surface area contributed by atoms with Crippen molar-refractivity contribution >= 4 is 46.4 Å². The number of hydrogen-bond acceptors (Lipinski definition) is 4. The Bertz CT molecular complexity index is 934. The predicted molar refractivity (Wildman–Crippen MR) is 114 cm³/mol. The number of likely N-dealkylation sites (N-methyl/N-ethyl adjacent to an activating group) is 1. The molecule has 3 amide bonds. The van der Waals surface area contributed by atoms with Crippen LogP contribution in [0.4, 0.5) is 17.1 Å². The average Bonchev–Trinajstić information content (AvgIpc) is 2.75. The van der Waals surface area contributed by atoms with E-state index in [1.165, 1.54) is 0 Å². The third kappa shape index (κ3) is 5.34. The Morgan fingerprint density at radius 2 is 1.97 bits per heavy atom. The number of hydrogen-bond donors (Lipinski definition) is 2. The maximum atomic E-state index is 13.0. The van der Waals surface area contributed by atoms with Crippen molar-refractivity contribution in [1.82, 2.24) is 4.90 Å². The minimum atomic E-state index is -0.292. The van der Waals surface area contributed by atoms with Gasteiger partial charge < -0.3 is 15.5 Å². The van der Waals surface area contributed by atoms with Gasteiger partial charge in [0.1, 0.15) is 0 Å². The fraction of sp³-hybridized carbons (Fsp3) is 0.286. The molecule has 8 heteroatoms. The molecule has 0 spiro atoms. The number of amides is 3. The van der Waals surface area contributed by atoms with Crippen molar-refractivity contribution in [3.63, 3.8) is 0 Å². The third-order valence-corrected chi connectivity index (χ3v) is 4.79. The van der Waals surface area contributed by atoms with Crippen LogP contribution in [0, 0.1) is 0 Å². The summed E-state index contributed by atoms with van der Waals surface area (Å²) in [6.07, 6.45) is 0.208. The van der Waals surface area contributed by atoms with Gasteiger partial charge in [0.2, 0.25) is 17.7 Å². The van der Waals surface area contributed by atoms with Crippen LogP contribution in [0.1, 0.15) is 13.3 Å². The Balaban J connectivity index is 1.65. The molecule has 1 heterocycles. The number of halogens is 1. The van der Waals surface area contributed by atoms with Crippen molar-refractivity contribution in [2.24, 2.45) is 0 Å². The van der Waals surface area contributed by atoms with E-state index >= 15 is 0 Å². The van der Waals surface area contributed by atoms with Gasteiger partial charge in [0.15, 0.2) is 0 Å². The van der Waals surface area contributed by atoms with Crippen molar-refractivity contribution in [3.8, 4) is 0 Å². The summed E-state index contributed by atoms with van der Waals surface area (Å²) in [4.78, 5) is 40.6. The van der Waals surface area contributed by atoms with E-state index in [-0.39, 0.29) is 43.3 Å². The van der Waals surface area contributed by atoms with Gasteiger partial charge in [0.25, 0.3) is 0 Å². The molecule has 1 atom stereocenters. The molecule has 0 aliphatic carbocycles. The molecule has 0 aromatic heterocycles. The summed E-state index contributed by atoms with van der Waals surface area (Å²) in [6, 6.07) is 13.8. The second kappa shape index (κ2) is 9.07. The summed E-state index contributed by atoms with van der Waals surface area (Å²) in [5.41, 5.74) is 1.87. The van der Waals surface area contributed by atoms with E-state index in [2.05, 4.69) is 10.6 Å². The highest BCUT2D eigenvalue weighted by molar-refractivity contribution is 6.30. The number of carbonyl (C=O) groups excluding carboxylic acids is 3. The first-order valence-corrected chi connectivity index (χ1v) is 9.66. The van der Waals surface area contributed by atoms with Crippen molar-refractivity contribution in [3.05, 3.63) is 53.6 Å². The monoisotopic (exact) mass is 414 g/mol. The number of anilines is 3. The lowest BCUT2D eigenvalue weighted by molar-refractivity contribution is -0.121. The summed E-state index contributed by atoms with van der Waals surface area (Å²) in [7, 11) is 1.70. The van der Waals surface area contributed by atoms with E-state index in [9.17, 15) is 14.4 Å². The van der Waals surface area contributed by atoms with Crippen LogP contribution in [0.5, 0.6) is 0 Å². The minimum absolute atomic E-state index is 0.0375. The van der Waals surface area contributed by atoms with Gasteiger partial charge in [-0.3, -0.25) is 19.3 Å². The summed E-state index contributed by atoms with van der Waals surface area (Å²) < 4.78 is 0. The molecule has 0 unspecified atom stereocenters. The topological polar surface area (TPSA) is 81.8 Å². The van der Waals surface area contributed by atoms with Gasteiger partial charge >= 0.3 is 0 Å². The van der Waals surface area contributed by atoms with E-state index in [4.69, 9.17) is 11.6 Å². The molecular weight excluding hydrogens is 392 g/mol. The van der Waals surface area contributed by atoms with Crippen LogP contribution in [0.3, 0.4) is 0 Å². The summed E-state index contributed by atoms with van der Waals surface area (Å²) in [6.45, 7) is 1.92. The maximum absolute atomic E-state index is 13.0. The zero-order chi connectivity index (χ0) is 21.0. The fourth-order valence-corrected chi connectivity index (χ4v) is 3.53. The molecule has 0 bridgehead atoms. The van der Waals surface area contributed by atoms with Crippen LogP contribution in [-0.2, 0) is 14.4 Å². The Kier molecular flexibility index (Phi) is 6.51. The van der Waals surface area contributed by atoms with Gasteiger partial charge in [0.05, 0.1) is 24.5 Å². The molecule has 2 aromatic rings. The quantitative estimate of drug-likeness (QED) is 0.788. The summed E-state index contributed by atoms with van der Waals surface area (Å²) in [5.74, 6) is -0.558. The van der Waals surface area contributed by atoms with Crippen LogP contribution in [0.15, 0.2) is 48.5 Å². The van der Waals surface area contributed by atoms with Gasteiger partial charge in [-0.05, 0) is 44.3 Å². The first-order valence-electron chi connectivity index (χ1n) is 9.28. The molecule has 7 nitrogen and oxygen atoms in total. The normalized spacial score (nSPS) is 16.1. The Labute approximate surface area is 174 Å². The van der Waals surface area contributed by atoms with Crippen LogP contribution < -0.4 is 15.5 Å². The lowest BCUT2D eigenvalue weighted by atomic mass is 10.1. The number of carbonyl (C=O) groups is 3. The molecule has 29 heavy (non-hydrogen) atoms. The summed E-state index contributed by atoms with van der Waals surface area (Å²) >= 11 is 5.93. The first-order chi connectivity index (χ1) is 13.8. The molecular formula is C21H23ClN4O3. The molecule has 152 valence electrons. The van der Waals surface area contributed by atoms with Crippen LogP contribution in [0.2, 0.25) is 5.02 Å². The van der Waals surface area contributed by atoms with E-state index in [0.29, 0.717) is 22.1 Å². The first kappa shape index (κ1) is 20.8. The van der Waals surface area contributed by atoms with Crippen LogP contribution in [0.25, 0.3) is 0 Å². The standard InChI is InChI=1S/C21H23ClN4O3/c1-14-10-19(27)24-17-8-3-4-9-18(17)26(14)21(29)13-25(2)12-20(28)23-16-7-5-6-15(22)11-16/h3-9,11,14H,10,12-13H2,1-2H3,(H,23,28)(H,24,27)/t14-/m1/s1. The Hall–Kier alpha value is -2.90. The molecule has 0 fully saturated rings. The zero-order valence-corrected chi connectivity index (χ0v) is 17.1. The summed E-state index contributed by atoms with van der Waals surface area (Å²) in [5, 5.41) is 6.13. The largest absolute Gasteiger partial charge is 0.325 e. The molecule has 1 aliphatic rings. The van der Waals surface area contributed by atoms with E-state index in [0.717, 1.165) is 0 Å². The fourth-order valence-electron chi connectivity index (χ4n) is 3.34. The van der Waals surface area contributed by atoms with Gasteiger partial charge in [-0.2, -0.15) is 0 Å². The average molecular weight is 415 g/mol. The highest BCUT2D eigenvalue weighted by Gasteiger charge is 2.30. The number of benzene rings is 2. The van der Waals surface area contributed by atoms with Crippen LogP contribution >= 0.6 is 11.6 Å². The SMILES string of the molecule is C[C@@H]1CC(=O)Nc2ccccc2N1C(=O)CN(C)CC(=O)Nc1cccc(Cl)c1. The molecule has 3 rings (SSSR count). The Morgan fingerprint density at radius 3 is 2.72 bits per heavy atom. The number of nitrogens with one attached hydrogen (secondary N) is 2.